The molecule has 0 radical (unpaired) electrons. The minimum atomic E-state index is -0.608. The number of benzene rings is 2. The van der Waals surface area contributed by atoms with E-state index in [0.29, 0.717) is 17.1 Å². The summed E-state index contributed by atoms with van der Waals surface area (Å²) in [7, 11) is 1.51. The number of carbonyl (C=O) groups excluding carboxylic acids is 2. The van der Waals surface area contributed by atoms with E-state index in [-0.39, 0.29) is 23.6 Å². The number of anilines is 1. The Morgan fingerprint density at radius 1 is 1.21 bits per heavy atom. The highest BCUT2D eigenvalue weighted by Gasteiger charge is 2.12. The molecule has 0 aromatic heterocycles. The van der Waals surface area contributed by atoms with Crippen molar-refractivity contribution in [2.45, 2.75) is 20.3 Å². The summed E-state index contributed by atoms with van der Waals surface area (Å²) in [6, 6.07) is 10.7. The third-order valence-electron chi connectivity index (χ3n) is 3.71. The van der Waals surface area contributed by atoms with Crippen LogP contribution in [0.2, 0.25) is 0 Å². The zero-order valence-electron chi connectivity index (χ0n) is 15.7. The lowest BCUT2D eigenvalue weighted by atomic mass is 10.2. The van der Waals surface area contributed by atoms with Gasteiger partial charge in [0.05, 0.1) is 24.1 Å². The molecule has 0 fully saturated rings. The number of carbonyl (C=O) groups is 2. The van der Waals surface area contributed by atoms with Crippen LogP contribution in [0, 0.1) is 17.0 Å². The number of rotatable bonds is 7. The van der Waals surface area contributed by atoms with Crippen molar-refractivity contribution in [3.8, 4) is 5.75 Å². The van der Waals surface area contributed by atoms with Crippen molar-refractivity contribution >= 4 is 28.9 Å². The Hall–Kier alpha value is -3.75. The number of hydrogen-bond donors (Lipinski definition) is 2. The van der Waals surface area contributed by atoms with Gasteiger partial charge in [0.15, 0.2) is 0 Å². The Bertz CT molecular complexity index is 940. The lowest BCUT2D eigenvalue weighted by Crippen LogP contribution is -2.21. The molecule has 2 rings (SSSR count). The van der Waals surface area contributed by atoms with Gasteiger partial charge in [0.1, 0.15) is 5.75 Å². The monoisotopic (exact) mass is 384 g/mol. The molecule has 2 aromatic rings. The molecule has 0 aliphatic heterocycles. The molecule has 9 nitrogen and oxygen atoms in total. The van der Waals surface area contributed by atoms with Gasteiger partial charge in [-0.25, -0.2) is 5.43 Å². The van der Waals surface area contributed by atoms with Crippen LogP contribution in [0.3, 0.4) is 0 Å². The van der Waals surface area contributed by atoms with Crippen LogP contribution in [-0.4, -0.2) is 29.6 Å². The van der Waals surface area contributed by atoms with Crippen LogP contribution in [-0.2, 0) is 4.79 Å². The van der Waals surface area contributed by atoms with Crippen LogP contribution in [0.15, 0.2) is 47.6 Å². The van der Waals surface area contributed by atoms with Gasteiger partial charge in [0, 0.05) is 23.4 Å². The quantitative estimate of drug-likeness (QED) is 0.431. The fourth-order valence-electron chi connectivity index (χ4n) is 2.36. The fraction of sp³-hybridized carbons (Fsp3) is 0.211. The Kier molecular flexibility index (Phi) is 6.80. The van der Waals surface area contributed by atoms with Crippen molar-refractivity contribution in [3.63, 3.8) is 0 Å². The zero-order chi connectivity index (χ0) is 20.7. The van der Waals surface area contributed by atoms with E-state index in [1.807, 2.05) is 13.0 Å². The van der Waals surface area contributed by atoms with E-state index in [9.17, 15) is 19.7 Å². The second-order valence-electron chi connectivity index (χ2n) is 6.02. The molecular formula is C19H20N4O5. The molecule has 0 unspecified atom stereocenters. The first kappa shape index (κ1) is 20.6. The third kappa shape index (κ3) is 5.63. The molecule has 0 bridgehead atoms. The van der Waals surface area contributed by atoms with Gasteiger partial charge in [-0.05, 0) is 37.6 Å². The van der Waals surface area contributed by atoms with E-state index >= 15 is 0 Å². The predicted molar refractivity (Wildman–Crippen MR) is 105 cm³/mol. The molecule has 2 N–H and O–H groups in total. The summed E-state index contributed by atoms with van der Waals surface area (Å²) < 4.78 is 5.21. The van der Waals surface area contributed by atoms with Crippen LogP contribution in [0.25, 0.3) is 0 Å². The first-order chi connectivity index (χ1) is 13.3. The molecule has 28 heavy (non-hydrogen) atoms. The molecule has 2 aromatic carbocycles. The minimum absolute atomic E-state index is 0.0493. The Labute approximate surface area is 161 Å². The van der Waals surface area contributed by atoms with Gasteiger partial charge in [-0.15, -0.1) is 0 Å². The number of ether oxygens (including phenoxy) is 1. The first-order valence-electron chi connectivity index (χ1n) is 8.32. The maximum absolute atomic E-state index is 12.2. The fourth-order valence-corrected chi connectivity index (χ4v) is 2.36. The predicted octanol–water partition coefficient (Wildman–Crippen LogP) is 3.05. The van der Waals surface area contributed by atoms with Gasteiger partial charge in [-0.2, -0.15) is 5.10 Å². The number of hydrogen-bond acceptors (Lipinski definition) is 6. The molecule has 0 aliphatic rings. The van der Waals surface area contributed by atoms with E-state index in [4.69, 9.17) is 4.74 Å². The zero-order valence-corrected chi connectivity index (χ0v) is 15.7. The second-order valence-corrected chi connectivity index (χ2v) is 6.02. The molecular weight excluding hydrogens is 364 g/mol. The number of nitrogens with zero attached hydrogens (tertiary/aromatic N) is 2. The largest absolute Gasteiger partial charge is 0.495 e. The Morgan fingerprint density at radius 3 is 2.64 bits per heavy atom. The summed E-state index contributed by atoms with van der Waals surface area (Å²) >= 11 is 0. The SMILES string of the molecule is COc1ccc(C)cc1NC(=O)C/C(C)=N/NC(=O)c1cccc([N+](=O)[O-])c1. The highest BCUT2D eigenvalue weighted by atomic mass is 16.6. The van der Waals surface area contributed by atoms with E-state index in [2.05, 4.69) is 15.8 Å². The van der Waals surface area contributed by atoms with Crippen LogP contribution in [0.1, 0.15) is 29.3 Å². The molecule has 0 spiro atoms. The topological polar surface area (TPSA) is 123 Å². The third-order valence-corrected chi connectivity index (χ3v) is 3.71. The molecule has 146 valence electrons. The molecule has 9 heteroatoms. The van der Waals surface area contributed by atoms with Crippen molar-refractivity contribution in [2.75, 3.05) is 12.4 Å². The first-order valence-corrected chi connectivity index (χ1v) is 8.32. The van der Waals surface area contributed by atoms with Crippen molar-refractivity contribution in [2.24, 2.45) is 5.10 Å². The second kappa shape index (κ2) is 9.26. The number of nitro benzene ring substituents is 1. The van der Waals surface area contributed by atoms with Gasteiger partial charge >= 0.3 is 0 Å². The van der Waals surface area contributed by atoms with Crippen LogP contribution in [0.4, 0.5) is 11.4 Å². The molecule has 0 saturated carbocycles. The van der Waals surface area contributed by atoms with E-state index in [1.54, 1.807) is 19.1 Å². The van der Waals surface area contributed by atoms with Crippen LogP contribution < -0.4 is 15.5 Å². The summed E-state index contributed by atoms with van der Waals surface area (Å²) in [5, 5.41) is 17.4. The van der Waals surface area contributed by atoms with Gasteiger partial charge in [0.2, 0.25) is 5.91 Å². The Morgan fingerprint density at radius 2 is 1.96 bits per heavy atom. The molecule has 0 saturated heterocycles. The van der Waals surface area contributed by atoms with Crippen molar-refractivity contribution in [1.29, 1.82) is 0 Å². The minimum Gasteiger partial charge on any atom is -0.495 e. The van der Waals surface area contributed by atoms with Crippen molar-refractivity contribution in [3.05, 3.63) is 63.7 Å². The number of amides is 2. The average molecular weight is 384 g/mol. The van der Waals surface area contributed by atoms with Crippen molar-refractivity contribution in [1.82, 2.24) is 5.43 Å². The number of nitrogens with one attached hydrogen (secondary N) is 2. The number of non-ortho nitro benzene ring substituents is 1. The Balaban J connectivity index is 1.98. The smallest absolute Gasteiger partial charge is 0.271 e. The van der Waals surface area contributed by atoms with Gasteiger partial charge in [-0.1, -0.05) is 12.1 Å². The highest BCUT2D eigenvalue weighted by Crippen LogP contribution is 2.25. The van der Waals surface area contributed by atoms with Crippen LogP contribution >= 0.6 is 0 Å². The summed E-state index contributed by atoms with van der Waals surface area (Å²) in [5.41, 5.74) is 4.06. The van der Waals surface area contributed by atoms with Crippen LogP contribution in [0.5, 0.6) is 5.75 Å². The number of aryl methyl sites for hydroxylation is 1. The number of hydrazone groups is 1. The van der Waals surface area contributed by atoms with E-state index < -0.39 is 10.8 Å². The summed E-state index contributed by atoms with van der Waals surface area (Å²) in [4.78, 5) is 34.5. The highest BCUT2D eigenvalue weighted by molar-refractivity contribution is 6.06. The number of nitro groups is 1. The summed E-state index contributed by atoms with van der Waals surface area (Å²) in [5.74, 6) is -0.397. The molecule has 0 heterocycles. The standard InChI is InChI=1S/C19H20N4O5/c1-12-7-8-17(28-3)16(9-12)20-18(24)10-13(2)21-22-19(25)14-5-4-6-15(11-14)23(26)27/h4-9,11H,10H2,1-3H3,(H,20,24)(H,22,25)/b21-13+. The molecule has 0 atom stereocenters. The van der Waals surface area contributed by atoms with Crippen molar-refractivity contribution < 1.29 is 19.2 Å². The van der Waals surface area contributed by atoms with Gasteiger partial charge < -0.3 is 10.1 Å². The van der Waals surface area contributed by atoms with Gasteiger partial charge in [0.25, 0.3) is 11.6 Å². The lowest BCUT2D eigenvalue weighted by molar-refractivity contribution is -0.384. The normalized spacial score (nSPS) is 10.9. The van der Waals surface area contributed by atoms with E-state index in [1.165, 1.54) is 25.3 Å². The van der Waals surface area contributed by atoms with E-state index in [0.717, 1.165) is 11.6 Å². The summed E-state index contributed by atoms with van der Waals surface area (Å²) in [6.45, 7) is 3.48. The number of methoxy groups -OCH3 is 1. The summed E-state index contributed by atoms with van der Waals surface area (Å²) in [6.07, 6.45) is -0.0493. The molecule has 2 amide bonds. The maximum atomic E-state index is 12.2. The average Bonchev–Trinajstić information content (AvgIpc) is 2.66. The molecule has 0 aliphatic carbocycles. The lowest BCUT2D eigenvalue weighted by Gasteiger charge is -2.11. The maximum Gasteiger partial charge on any atom is 0.271 e. The van der Waals surface area contributed by atoms with Gasteiger partial charge in [-0.3, -0.25) is 19.7 Å².